The molecule has 0 saturated carbocycles. The Balaban J connectivity index is 1.21. The van der Waals surface area contributed by atoms with Crippen LogP contribution >= 0.6 is 0 Å². The molecule has 0 radical (unpaired) electrons. The summed E-state index contributed by atoms with van der Waals surface area (Å²) in [7, 11) is 0. The van der Waals surface area contributed by atoms with Crippen LogP contribution in [0.25, 0.3) is 0 Å². The van der Waals surface area contributed by atoms with Gasteiger partial charge in [0.25, 0.3) is 0 Å². The largest absolute Gasteiger partial charge is 0.373 e. The Bertz CT molecular complexity index is 542. The third kappa shape index (κ3) is 3.65. The lowest BCUT2D eigenvalue weighted by molar-refractivity contribution is -0.132. The van der Waals surface area contributed by atoms with E-state index in [-0.39, 0.29) is 6.10 Å². The zero-order chi connectivity index (χ0) is 16.4. The van der Waals surface area contributed by atoms with Gasteiger partial charge in [0.2, 0.25) is 5.91 Å². The van der Waals surface area contributed by atoms with E-state index in [0.29, 0.717) is 24.3 Å². The van der Waals surface area contributed by atoms with Gasteiger partial charge in [0.05, 0.1) is 18.6 Å². The minimum atomic E-state index is 0.157. The quantitative estimate of drug-likeness (QED) is 0.832. The van der Waals surface area contributed by atoms with E-state index in [9.17, 15) is 4.79 Å². The van der Waals surface area contributed by atoms with Gasteiger partial charge in [-0.1, -0.05) is 30.3 Å². The first-order chi connectivity index (χ1) is 11.8. The molecule has 130 valence electrons. The van der Waals surface area contributed by atoms with E-state index in [1.54, 1.807) is 0 Å². The van der Waals surface area contributed by atoms with Crippen LogP contribution in [-0.4, -0.2) is 60.6 Å². The summed E-state index contributed by atoms with van der Waals surface area (Å²) in [4.78, 5) is 16.8. The lowest BCUT2D eigenvalue weighted by Crippen LogP contribution is -2.32. The molecule has 0 N–H and O–H groups in total. The average Bonchev–Trinajstić information content (AvgIpc) is 3.30. The van der Waals surface area contributed by atoms with Gasteiger partial charge in [-0.3, -0.25) is 4.79 Å². The molecular weight excluding hydrogens is 300 g/mol. The first kappa shape index (κ1) is 16.1. The van der Waals surface area contributed by atoms with Gasteiger partial charge in [0.1, 0.15) is 0 Å². The van der Waals surface area contributed by atoms with Crippen LogP contribution in [0.4, 0.5) is 0 Å². The Kier molecular flexibility index (Phi) is 4.86. The topological polar surface area (TPSA) is 32.8 Å². The van der Waals surface area contributed by atoms with Crippen LogP contribution in [0.2, 0.25) is 0 Å². The molecule has 0 aliphatic carbocycles. The van der Waals surface area contributed by atoms with Crippen molar-refractivity contribution in [3.05, 3.63) is 35.9 Å². The standard InChI is InChI=1S/C20H28N2O2/c23-20(22-9-4-5-10-22)13-18-12-17-14-21(15-19(17)24-18)11-8-16-6-2-1-3-7-16/h1-3,6-7,17-19H,4-5,8-15H2/t17-,18+,19+/m1/s1. The van der Waals surface area contributed by atoms with Crippen LogP contribution < -0.4 is 0 Å². The molecule has 3 fully saturated rings. The zero-order valence-corrected chi connectivity index (χ0v) is 14.4. The van der Waals surface area contributed by atoms with Crippen LogP contribution in [0.5, 0.6) is 0 Å². The molecule has 4 nitrogen and oxygen atoms in total. The van der Waals surface area contributed by atoms with Crippen molar-refractivity contribution >= 4 is 5.91 Å². The summed E-state index contributed by atoms with van der Waals surface area (Å²) >= 11 is 0. The maximum absolute atomic E-state index is 12.3. The smallest absolute Gasteiger partial charge is 0.225 e. The number of hydrogen-bond acceptors (Lipinski definition) is 3. The first-order valence-electron chi connectivity index (χ1n) is 9.47. The molecule has 4 heteroatoms. The second kappa shape index (κ2) is 7.24. The van der Waals surface area contributed by atoms with Crippen molar-refractivity contribution in [2.45, 2.75) is 44.3 Å². The predicted octanol–water partition coefficient (Wildman–Crippen LogP) is 2.33. The number of hydrogen-bond donors (Lipinski definition) is 0. The highest BCUT2D eigenvalue weighted by atomic mass is 16.5. The predicted molar refractivity (Wildman–Crippen MR) is 93.8 cm³/mol. The highest BCUT2D eigenvalue weighted by Gasteiger charge is 2.42. The van der Waals surface area contributed by atoms with Crippen LogP contribution in [0, 0.1) is 5.92 Å². The molecular formula is C20H28N2O2. The SMILES string of the molecule is O=C(C[C@@H]1C[C@@H]2CN(CCc3ccccc3)C[C@@H]2O1)N1CCCC1. The van der Waals surface area contributed by atoms with Gasteiger partial charge in [-0.05, 0) is 31.2 Å². The maximum atomic E-state index is 12.3. The van der Waals surface area contributed by atoms with Crippen molar-refractivity contribution in [1.29, 1.82) is 0 Å². The van der Waals surface area contributed by atoms with Gasteiger partial charge in [0.15, 0.2) is 0 Å². The van der Waals surface area contributed by atoms with E-state index in [0.717, 1.165) is 45.6 Å². The molecule has 1 aromatic carbocycles. The van der Waals surface area contributed by atoms with Crippen molar-refractivity contribution in [2.24, 2.45) is 5.92 Å². The maximum Gasteiger partial charge on any atom is 0.225 e. The summed E-state index contributed by atoms with van der Waals surface area (Å²) in [6.07, 6.45) is 5.60. The molecule has 24 heavy (non-hydrogen) atoms. The number of fused-ring (bicyclic) bond motifs is 1. The van der Waals surface area contributed by atoms with Crippen molar-refractivity contribution in [3.63, 3.8) is 0 Å². The van der Waals surface area contributed by atoms with E-state index in [1.807, 2.05) is 4.90 Å². The fourth-order valence-corrected chi connectivity index (χ4v) is 4.48. The number of amides is 1. The molecule has 3 saturated heterocycles. The summed E-state index contributed by atoms with van der Waals surface area (Å²) in [6.45, 7) is 5.17. The van der Waals surface area contributed by atoms with E-state index in [4.69, 9.17) is 4.74 Å². The number of carbonyl (C=O) groups excluding carboxylic acids is 1. The van der Waals surface area contributed by atoms with Gasteiger partial charge in [-0.25, -0.2) is 0 Å². The monoisotopic (exact) mass is 328 g/mol. The molecule has 0 bridgehead atoms. The average molecular weight is 328 g/mol. The molecule has 3 heterocycles. The Morgan fingerprint density at radius 2 is 1.92 bits per heavy atom. The molecule has 0 aromatic heterocycles. The Morgan fingerprint density at radius 3 is 2.67 bits per heavy atom. The summed E-state index contributed by atoms with van der Waals surface area (Å²) in [5, 5.41) is 0. The summed E-state index contributed by atoms with van der Waals surface area (Å²) in [5.41, 5.74) is 1.41. The lowest BCUT2D eigenvalue weighted by atomic mass is 10.0. The van der Waals surface area contributed by atoms with Crippen LogP contribution in [-0.2, 0) is 16.0 Å². The lowest BCUT2D eigenvalue weighted by Gasteiger charge is -2.21. The number of ether oxygens (including phenoxy) is 1. The molecule has 3 aliphatic heterocycles. The molecule has 1 aromatic rings. The van der Waals surface area contributed by atoms with Gasteiger partial charge >= 0.3 is 0 Å². The Labute approximate surface area is 144 Å². The minimum absolute atomic E-state index is 0.157. The van der Waals surface area contributed by atoms with Gasteiger partial charge < -0.3 is 14.5 Å². The van der Waals surface area contributed by atoms with Crippen LogP contribution in [0.15, 0.2) is 30.3 Å². The van der Waals surface area contributed by atoms with Gasteiger partial charge in [-0.2, -0.15) is 0 Å². The number of carbonyl (C=O) groups is 1. The second-order valence-corrected chi connectivity index (χ2v) is 7.58. The molecule has 4 rings (SSSR count). The van der Waals surface area contributed by atoms with Crippen molar-refractivity contribution in [2.75, 3.05) is 32.7 Å². The third-order valence-electron chi connectivity index (χ3n) is 5.81. The van der Waals surface area contributed by atoms with E-state index >= 15 is 0 Å². The van der Waals surface area contributed by atoms with Gasteiger partial charge in [-0.15, -0.1) is 0 Å². The summed E-state index contributed by atoms with van der Waals surface area (Å²) in [5.74, 6) is 0.926. The number of nitrogens with zero attached hydrogens (tertiary/aromatic N) is 2. The van der Waals surface area contributed by atoms with Crippen molar-refractivity contribution < 1.29 is 9.53 Å². The number of rotatable bonds is 5. The normalized spacial score (nSPS) is 30.0. The number of likely N-dealkylation sites (tertiary alicyclic amines) is 2. The molecule has 0 spiro atoms. The van der Waals surface area contributed by atoms with E-state index < -0.39 is 0 Å². The zero-order valence-electron chi connectivity index (χ0n) is 14.4. The molecule has 3 aliphatic rings. The minimum Gasteiger partial charge on any atom is -0.373 e. The number of benzene rings is 1. The van der Waals surface area contributed by atoms with E-state index in [2.05, 4.69) is 35.2 Å². The Morgan fingerprint density at radius 1 is 1.12 bits per heavy atom. The highest BCUT2D eigenvalue weighted by molar-refractivity contribution is 5.77. The third-order valence-corrected chi connectivity index (χ3v) is 5.81. The van der Waals surface area contributed by atoms with Crippen molar-refractivity contribution in [3.8, 4) is 0 Å². The van der Waals surface area contributed by atoms with E-state index in [1.165, 1.54) is 18.4 Å². The second-order valence-electron chi connectivity index (χ2n) is 7.58. The van der Waals surface area contributed by atoms with Crippen LogP contribution in [0.1, 0.15) is 31.2 Å². The molecule has 1 amide bonds. The highest BCUT2D eigenvalue weighted by Crippen LogP contribution is 2.34. The molecule has 3 atom stereocenters. The summed E-state index contributed by atoms with van der Waals surface area (Å²) < 4.78 is 6.21. The first-order valence-corrected chi connectivity index (χ1v) is 9.47. The fourth-order valence-electron chi connectivity index (χ4n) is 4.48. The van der Waals surface area contributed by atoms with Crippen molar-refractivity contribution in [1.82, 2.24) is 9.80 Å². The van der Waals surface area contributed by atoms with Crippen LogP contribution in [0.3, 0.4) is 0 Å². The fraction of sp³-hybridized carbons (Fsp3) is 0.650. The molecule has 0 unspecified atom stereocenters. The summed E-state index contributed by atoms with van der Waals surface area (Å²) in [6, 6.07) is 10.7. The van der Waals surface area contributed by atoms with Gasteiger partial charge in [0, 0.05) is 38.6 Å². The Hall–Kier alpha value is -1.39.